The van der Waals surface area contributed by atoms with Crippen molar-refractivity contribution in [3.63, 3.8) is 0 Å². The molecule has 0 aliphatic heterocycles. The van der Waals surface area contributed by atoms with E-state index in [4.69, 9.17) is 4.74 Å². The number of carbonyl (C=O) groups excluding carboxylic acids is 1. The predicted octanol–water partition coefficient (Wildman–Crippen LogP) is 6.57. The largest absolute Gasteiger partial charge is 0.441 e. The summed E-state index contributed by atoms with van der Waals surface area (Å²) < 4.78 is 6.09. The van der Waals surface area contributed by atoms with Gasteiger partial charge in [0.2, 0.25) is 0 Å². The molecule has 1 atom stereocenters. The normalized spacial score (nSPS) is 13.3. The van der Waals surface area contributed by atoms with E-state index >= 15 is 0 Å². The molecule has 26 heavy (non-hydrogen) atoms. The molecule has 0 spiro atoms. The zero-order valence-corrected chi connectivity index (χ0v) is 17.2. The second-order valence-corrected chi connectivity index (χ2v) is 8.80. The van der Waals surface area contributed by atoms with Crippen molar-refractivity contribution in [2.45, 2.75) is 73.1 Å². The van der Waals surface area contributed by atoms with Gasteiger partial charge in [-0.05, 0) is 50.3 Å². The first-order valence-corrected chi connectivity index (χ1v) is 9.57. The molecule has 3 heteroatoms. The average molecular weight is 356 g/mol. The van der Waals surface area contributed by atoms with Gasteiger partial charge < -0.3 is 9.64 Å². The maximum atomic E-state index is 12.9. The lowest BCUT2D eigenvalue weighted by Crippen LogP contribution is -2.43. The summed E-state index contributed by atoms with van der Waals surface area (Å²) in [5, 5.41) is 2.32. The highest BCUT2D eigenvalue weighted by atomic mass is 16.6. The van der Waals surface area contributed by atoms with Gasteiger partial charge in [0, 0.05) is 17.6 Å². The second-order valence-electron chi connectivity index (χ2n) is 8.80. The molecule has 2 aromatic carbocycles. The monoisotopic (exact) mass is 355 g/mol. The molecular formula is C23H33NO2. The van der Waals surface area contributed by atoms with Crippen molar-refractivity contribution in [1.29, 1.82) is 0 Å². The Kier molecular flexibility index (Phi) is 6.33. The molecule has 2 aromatic rings. The summed E-state index contributed by atoms with van der Waals surface area (Å²) in [5.74, 6) is 0. The number of hydrogen-bond donors (Lipinski definition) is 0. The molecule has 142 valence electrons. The number of hydrogen-bond acceptors (Lipinski definition) is 2. The number of ether oxygens (including phenoxy) is 1. The minimum Gasteiger partial charge on any atom is -0.441 e. The first-order chi connectivity index (χ1) is 12.1. The highest BCUT2D eigenvalue weighted by molar-refractivity contribution is 5.86. The van der Waals surface area contributed by atoms with Crippen molar-refractivity contribution in [3.05, 3.63) is 48.0 Å². The molecule has 0 fully saturated rings. The van der Waals surface area contributed by atoms with Crippen LogP contribution in [0.2, 0.25) is 0 Å². The molecule has 0 radical (unpaired) electrons. The summed E-state index contributed by atoms with van der Waals surface area (Å²) >= 11 is 0. The molecule has 0 saturated carbocycles. The number of rotatable bonds is 5. The van der Waals surface area contributed by atoms with Crippen LogP contribution in [-0.4, -0.2) is 23.1 Å². The highest BCUT2D eigenvalue weighted by Gasteiger charge is 2.29. The molecule has 0 bridgehead atoms. The van der Waals surface area contributed by atoms with Gasteiger partial charge in [-0.3, -0.25) is 0 Å². The molecule has 3 nitrogen and oxygen atoms in total. The van der Waals surface area contributed by atoms with Crippen LogP contribution in [0, 0.1) is 5.41 Å². The van der Waals surface area contributed by atoms with Gasteiger partial charge in [-0.1, -0.05) is 63.2 Å². The SMILES string of the molecule is CC(C)N(C(=O)O[C@H](CC(C)(C)C)c1cccc2ccccc12)C(C)C. The lowest BCUT2D eigenvalue weighted by atomic mass is 9.85. The van der Waals surface area contributed by atoms with Crippen LogP contribution in [0.1, 0.15) is 66.6 Å². The first kappa shape index (κ1) is 20.3. The van der Waals surface area contributed by atoms with Gasteiger partial charge in [-0.2, -0.15) is 0 Å². The van der Waals surface area contributed by atoms with Crippen molar-refractivity contribution in [3.8, 4) is 0 Å². The standard InChI is InChI=1S/C23H33NO2/c1-16(2)24(17(3)4)22(25)26-21(15-23(5,6)7)20-14-10-12-18-11-8-9-13-19(18)20/h8-14,16-17,21H,15H2,1-7H3/t21-/m1/s1. The van der Waals surface area contributed by atoms with Gasteiger partial charge >= 0.3 is 6.09 Å². The maximum Gasteiger partial charge on any atom is 0.410 e. The Morgan fingerprint density at radius 1 is 0.962 bits per heavy atom. The fourth-order valence-electron chi connectivity index (χ4n) is 3.50. The Morgan fingerprint density at radius 2 is 1.54 bits per heavy atom. The van der Waals surface area contributed by atoms with Gasteiger partial charge in [-0.25, -0.2) is 4.79 Å². The molecule has 0 aliphatic rings. The smallest absolute Gasteiger partial charge is 0.410 e. The van der Waals surface area contributed by atoms with E-state index in [1.54, 1.807) is 4.90 Å². The number of benzene rings is 2. The van der Waals surface area contributed by atoms with Crippen molar-refractivity contribution in [2.24, 2.45) is 5.41 Å². The van der Waals surface area contributed by atoms with Crippen LogP contribution in [0.3, 0.4) is 0 Å². The summed E-state index contributed by atoms with van der Waals surface area (Å²) in [6.07, 6.45) is 0.266. The summed E-state index contributed by atoms with van der Waals surface area (Å²) in [6.45, 7) is 14.6. The predicted molar refractivity (Wildman–Crippen MR) is 109 cm³/mol. The summed E-state index contributed by atoms with van der Waals surface area (Å²) in [5.41, 5.74) is 1.13. The highest BCUT2D eigenvalue weighted by Crippen LogP contribution is 2.36. The van der Waals surface area contributed by atoms with E-state index in [-0.39, 0.29) is 29.7 Å². The molecule has 0 unspecified atom stereocenters. The fourth-order valence-corrected chi connectivity index (χ4v) is 3.50. The zero-order chi connectivity index (χ0) is 19.5. The van der Waals surface area contributed by atoms with Crippen LogP contribution in [-0.2, 0) is 4.74 Å². The molecule has 1 amide bonds. The fraction of sp³-hybridized carbons (Fsp3) is 0.522. The Bertz CT molecular complexity index is 730. The third-order valence-corrected chi connectivity index (χ3v) is 4.53. The molecule has 0 aromatic heterocycles. The summed E-state index contributed by atoms with van der Waals surface area (Å²) in [6, 6.07) is 14.7. The van der Waals surface area contributed by atoms with E-state index in [9.17, 15) is 4.79 Å². The maximum absolute atomic E-state index is 12.9. The third kappa shape index (κ3) is 5.00. The van der Waals surface area contributed by atoms with Gasteiger partial charge in [0.15, 0.2) is 0 Å². The lowest BCUT2D eigenvalue weighted by molar-refractivity contribution is 0.0296. The lowest BCUT2D eigenvalue weighted by Gasteiger charge is -2.33. The molecule has 0 heterocycles. The van der Waals surface area contributed by atoms with Crippen LogP contribution in [0.5, 0.6) is 0 Å². The van der Waals surface area contributed by atoms with E-state index in [0.29, 0.717) is 0 Å². The van der Waals surface area contributed by atoms with Gasteiger partial charge in [-0.15, -0.1) is 0 Å². The topological polar surface area (TPSA) is 29.5 Å². The Morgan fingerprint density at radius 3 is 2.12 bits per heavy atom. The Hall–Kier alpha value is -2.03. The Labute approximate surface area is 158 Å². The van der Waals surface area contributed by atoms with E-state index in [0.717, 1.165) is 17.4 Å². The van der Waals surface area contributed by atoms with Gasteiger partial charge in [0.1, 0.15) is 6.10 Å². The van der Waals surface area contributed by atoms with Crippen LogP contribution in [0.15, 0.2) is 42.5 Å². The quantitative estimate of drug-likeness (QED) is 0.607. The molecule has 0 saturated heterocycles. The number of amides is 1. The van der Waals surface area contributed by atoms with Gasteiger partial charge in [0.25, 0.3) is 0 Å². The molecule has 2 rings (SSSR count). The number of fused-ring (bicyclic) bond motifs is 1. The minimum absolute atomic E-state index is 0.0440. The van der Waals surface area contributed by atoms with E-state index in [2.05, 4.69) is 45.0 Å². The van der Waals surface area contributed by atoms with E-state index < -0.39 is 0 Å². The van der Waals surface area contributed by atoms with E-state index in [1.165, 1.54) is 5.39 Å². The Balaban J connectivity index is 2.42. The summed E-state index contributed by atoms with van der Waals surface area (Å²) in [4.78, 5) is 14.7. The van der Waals surface area contributed by atoms with Gasteiger partial charge in [0.05, 0.1) is 0 Å². The number of carbonyl (C=O) groups is 1. The van der Waals surface area contributed by atoms with Crippen LogP contribution >= 0.6 is 0 Å². The van der Waals surface area contributed by atoms with Crippen LogP contribution in [0.25, 0.3) is 10.8 Å². The van der Waals surface area contributed by atoms with Crippen molar-refractivity contribution in [2.75, 3.05) is 0 Å². The van der Waals surface area contributed by atoms with Crippen LogP contribution in [0.4, 0.5) is 4.79 Å². The zero-order valence-electron chi connectivity index (χ0n) is 17.2. The minimum atomic E-state index is -0.270. The van der Waals surface area contributed by atoms with Crippen molar-refractivity contribution >= 4 is 16.9 Å². The molecule has 0 N–H and O–H groups in total. The average Bonchev–Trinajstić information content (AvgIpc) is 2.51. The molecule has 0 aliphatic carbocycles. The molecular weight excluding hydrogens is 322 g/mol. The summed E-state index contributed by atoms with van der Waals surface area (Å²) in [7, 11) is 0. The number of nitrogens with zero attached hydrogens (tertiary/aromatic N) is 1. The van der Waals surface area contributed by atoms with E-state index in [1.807, 2.05) is 45.9 Å². The second kappa shape index (κ2) is 8.11. The van der Waals surface area contributed by atoms with Crippen molar-refractivity contribution in [1.82, 2.24) is 4.90 Å². The first-order valence-electron chi connectivity index (χ1n) is 9.57. The van der Waals surface area contributed by atoms with Crippen LogP contribution < -0.4 is 0 Å². The van der Waals surface area contributed by atoms with Crippen molar-refractivity contribution < 1.29 is 9.53 Å². The third-order valence-electron chi connectivity index (χ3n) is 4.53.